The van der Waals surface area contributed by atoms with Crippen LogP contribution in [-0.4, -0.2) is 50.3 Å². The Hall–Kier alpha value is -1.59. The average molecular weight is 292 g/mol. The molecule has 1 heterocycles. The zero-order valence-electron chi connectivity index (χ0n) is 13.0. The highest BCUT2D eigenvalue weighted by molar-refractivity contribution is 5.82. The van der Waals surface area contributed by atoms with Crippen LogP contribution >= 0.6 is 0 Å². The summed E-state index contributed by atoms with van der Waals surface area (Å²) in [6.07, 6.45) is 0.882. The molecule has 0 spiro atoms. The van der Waals surface area contributed by atoms with Crippen molar-refractivity contribution in [2.75, 3.05) is 27.3 Å². The fourth-order valence-corrected chi connectivity index (χ4v) is 2.59. The molecule has 116 valence electrons. The maximum Gasteiger partial charge on any atom is 0.240 e. The normalized spacial score (nSPS) is 21.3. The molecule has 1 amide bonds. The lowest BCUT2D eigenvalue weighted by Crippen LogP contribution is -2.43. The zero-order valence-corrected chi connectivity index (χ0v) is 13.0. The number of methoxy groups -OCH3 is 2. The molecule has 1 N–H and O–H groups in total. The van der Waals surface area contributed by atoms with Gasteiger partial charge in [-0.3, -0.25) is 4.79 Å². The van der Waals surface area contributed by atoms with Crippen molar-refractivity contribution in [1.29, 1.82) is 0 Å². The SMILES string of the molecule is CCN(Cc1ccc(OC)cc1)C(=O)C1CC(OC)CN1. The standard InChI is InChI=1S/C16H24N2O3/c1-4-18(11-12-5-7-13(20-2)8-6-12)16(19)15-9-14(21-3)10-17-15/h5-8,14-15,17H,4,9-11H2,1-3H3. The molecule has 0 aliphatic carbocycles. The van der Waals surface area contributed by atoms with E-state index in [0.29, 0.717) is 13.1 Å². The lowest BCUT2D eigenvalue weighted by Gasteiger charge is -2.24. The summed E-state index contributed by atoms with van der Waals surface area (Å²) in [6, 6.07) is 7.70. The number of carbonyl (C=O) groups is 1. The molecule has 2 atom stereocenters. The molecule has 5 heteroatoms. The van der Waals surface area contributed by atoms with Crippen LogP contribution < -0.4 is 10.1 Å². The van der Waals surface area contributed by atoms with Gasteiger partial charge in [0.1, 0.15) is 5.75 Å². The van der Waals surface area contributed by atoms with E-state index in [1.165, 1.54) is 0 Å². The van der Waals surface area contributed by atoms with Gasteiger partial charge in [0.2, 0.25) is 5.91 Å². The Labute approximate surface area is 126 Å². The Morgan fingerprint density at radius 3 is 2.57 bits per heavy atom. The number of likely N-dealkylation sites (N-methyl/N-ethyl adjacent to an activating group) is 1. The van der Waals surface area contributed by atoms with Crippen molar-refractivity contribution >= 4 is 5.91 Å². The smallest absolute Gasteiger partial charge is 0.240 e. The van der Waals surface area contributed by atoms with Crippen LogP contribution in [-0.2, 0) is 16.1 Å². The number of nitrogens with one attached hydrogen (secondary N) is 1. The Kier molecular flexibility index (Phi) is 5.59. The molecule has 1 aliphatic rings. The Bertz CT molecular complexity index is 461. The maximum atomic E-state index is 12.5. The van der Waals surface area contributed by atoms with E-state index in [9.17, 15) is 4.79 Å². The maximum absolute atomic E-state index is 12.5. The molecule has 0 saturated carbocycles. The van der Waals surface area contributed by atoms with Crippen LogP contribution in [0.15, 0.2) is 24.3 Å². The third-order valence-corrected chi connectivity index (χ3v) is 3.95. The van der Waals surface area contributed by atoms with E-state index in [1.807, 2.05) is 36.1 Å². The number of hydrogen-bond acceptors (Lipinski definition) is 4. The topological polar surface area (TPSA) is 50.8 Å². The van der Waals surface area contributed by atoms with E-state index in [-0.39, 0.29) is 18.1 Å². The third kappa shape index (κ3) is 3.95. The lowest BCUT2D eigenvalue weighted by molar-refractivity contribution is -0.133. The summed E-state index contributed by atoms with van der Waals surface area (Å²) in [5.41, 5.74) is 1.10. The summed E-state index contributed by atoms with van der Waals surface area (Å²) >= 11 is 0. The van der Waals surface area contributed by atoms with E-state index in [2.05, 4.69) is 5.32 Å². The molecule has 2 unspecified atom stereocenters. The van der Waals surface area contributed by atoms with Gasteiger partial charge >= 0.3 is 0 Å². The van der Waals surface area contributed by atoms with Crippen LogP contribution in [0.25, 0.3) is 0 Å². The third-order valence-electron chi connectivity index (χ3n) is 3.95. The number of amides is 1. The molecule has 1 fully saturated rings. The summed E-state index contributed by atoms with van der Waals surface area (Å²) in [4.78, 5) is 14.4. The number of carbonyl (C=O) groups excluding carboxylic acids is 1. The molecule has 21 heavy (non-hydrogen) atoms. The zero-order chi connectivity index (χ0) is 15.2. The summed E-state index contributed by atoms with van der Waals surface area (Å²) in [7, 11) is 3.34. The number of ether oxygens (including phenoxy) is 2. The van der Waals surface area contributed by atoms with Gasteiger partial charge < -0.3 is 19.7 Å². The first-order valence-electron chi connectivity index (χ1n) is 7.35. The largest absolute Gasteiger partial charge is 0.497 e. The van der Waals surface area contributed by atoms with Gasteiger partial charge in [0, 0.05) is 26.7 Å². The van der Waals surface area contributed by atoms with Crippen molar-refractivity contribution in [3.63, 3.8) is 0 Å². The monoisotopic (exact) mass is 292 g/mol. The van der Waals surface area contributed by atoms with Crippen molar-refractivity contribution in [2.45, 2.75) is 32.0 Å². The molecule has 5 nitrogen and oxygen atoms in total. The van der Waals surface area contributed by atoms with Crippen molar-refractivity contribution in [2.24, 2.45) is 0 Å². The van der Waals surface area contributed by atoms with Crippen molar-refractivity contribution in [3.8, 4) is 5.75 Å². The van der Waals surface area contributed by atoms with Gasteiger partial charge in [-0.25, -0.2) is 0 Å². The van der Waals surface area contributed by atoms with Gasteiger partial charge in [-0.15, -0.1) is 0 Å². The molecular formula is C16H24N2O3. The van der Waals surface area contributed by atoms with E-state index in [0.717, 1.165) is 24.3 Å². The molecule has 1 saturated heterocycles. The van der Waals surface area contributed by atoms with E-state index < -0.39 is 0 Å². The highest BCUT2D eigenvalue weighted by atomic mass is 16.5. The number of hydrogen-bond donors (Lipinski definition) is 1. The Balaban J connectivity index is 1.97. The molecule has 2 rings (SSSR count). The van der Waals surface area contributed by atoms with Crippen LogP contribution in [0.4, 0.5) is 0 Å². The van der Waals surface area contributed by atoms with Gasteiger partial charge in [0.05, 0.1) is 19.3 Å². The van der Waals surface area contributed by atoms with Gasteiger partial charge in [0.15, 0.2) is 0 Å². The molecule has 0 aromatic heterocycles. The van der Waals surface area contributed by atoms with Crippen molar-refractivity contribution in [1.82, 2.24) is 10.2 Å². The lowest BCUT2D eigenvalue weighted by atomic mass is 10.1. The van der Waals surface area contributed by atoms with Crippen LogP contribution in [0.5, 0.6) is 5.75 Å². The fraction of sp³-hybridized carbons (Fsp3) is 0.562. The molecule has 1 aromatic rings. The minimum absolute atomic E-state index is 0.131. The molecule has 0 radical (unpaired) electrons. The van der Waals surface area contributed by atoms with Gasteiger partial charge in [-0.05, 0) is 31.0 Å². The second kappa shape index (κ2) is 7.43. The van der Waals surface area contributed by atoms with Crippen molar-refractivity contribution < 1.29 is 14.3 Å². The first-order valence-corrected chi connectivity index (χ1v) is 7.35. The minimum Gasteiger partial charge on any atom is -0.497 e. The van der Waals surface area contributed by atoms with Gasteiger partial charge in [-0.2, -0.15) is 0 Å². The average Bonchev–Trinajstić information content (AvgIpc) is 3.01. The van der Waals surface area contributed by atoms with Crippen molar-refractivity contribution in [3.05, 3.63) is 29.8 Å². The Morgan fingerprint density at radius 2 is 2.05 bits per heavy atom. The minimum atomic E-state index is -0.131. The van der Waals surface area contributed by atoms with Crippen LogP contribution in [0, 0.1) is 0 Å². The molecular weight excluding hydrogens is 268 g/mol. The Morgan fingerprint density at radius 1 is 1.33 bits per heavy atom. The summed E-state index contributed by atoms with van der Waals surface area (Å²) in [6.45, 7) is 4.06. The van der Waals surface area contributed by atoms with E-state index in [1.54, 1.807) is 14.2 Å². The van der Waals surface area contributed by atoms with E-state index in [4.69, 9.17) is 9.47 Å². The predicted octanol–water partition coefficient (Wildman–Crippen LogP) is 1.42. The fourth-order valence-electron chi connectivity index (χ4n) is 2.59. The van der Waals surface area contributed by atoms with Gasteiger partial charge in [0.25, 0.3) is 0 Å². The first-order chi connectivity index (χ1) is 10.2. The second-order valence-corrected chi connectivity index (χ2v) is 5.25. The number of nitrogens with zero attached hydrogens (tertiary/aromatic N) is 1. The highest BCUT2D eigenvalue weighted by Crippen LogP contribution is 2.16. The van der Waals surface area contributed by atoms with E-state index >= 15 is 0 Å². The van der Waals surface area contributed by atoms with Crippen LogP contribution in [0.2, 0.25) is 0 Å². The summed E-state index contributed by atoms with van der Waals surface area (Å²) in [5.74, 6) is 0.974. The number of benzene rings is 1. The molecule has 0 bridgehead atoms. The summed E-state index contributed by atoms with van der Waals surface area (Å²) < 4.78 is 10.5. The molecule has 1 aliphatic heterocycles. The molecule has 1 aromatic carbocycles. The van der Waals surface area contributed by atoms with Crippen LogP contribution in [0.3, 0.4) is 0 Å². The first kappa shape index (κ1) is 15.8. The number of rotatable bonds is 6. The second-order valence-electron chi connectivity index (χ2n) is 5.25. The van der Waals surface area contributed by atoms with Gasteiger partial charge in [-0.1, -0.05) is 12.1 Å². The van der Waals surface area contributed by atoms with Crippen LogP contribution in [0.1, 0.15) is 18.9 Å². The predicted molar refractivity (Wildman–Crippen MR) is 81.3 cm³/mol. The highest BCUT2D eigenvalue weighted by Gasteiger charge is 2.31. The quantitative estimate of drug-likeness (QED) is 0.861. The summed E-state index contributed by atoms with van der Waals surface area (Å²) in [5, 5.41) is 3.24.